The zero-order valence-corrected chi connectivity index (χ0v) is 8.25. The summed E-state index contributed by atoms with van der Waals surface area (Å²) >= 11 is 0. The molecule has 78 valence electrons. The molecule has 0 saturated carbocycles. The lowest BCUT2D eigenvalue weighted by Gasteiger charge is -2.06. The monoisotopic (exact) mass is 220 g/mol. The number of hydrogen-bond donors (Lipinski definition) is 0. The Balaban J connectivity index is 3.04. The van der Waals surface area contributed by atoms with E-state index in [4.69, 9.17) is 4.74 Å². The predicted molar refractivity (Wildman–Crippen MR) is 47.2 cm³/mol. The molecule has 0 radical (unpaired) electrons. The van der Waals surface area contributed by atoms with Gasteiger partial charge in [0.1, 0.15) is 10.6 Å². The molecule has 0 unspecified atom stereocenters. The van der Waals surface area contributed by atoms with E-state index >= 15 is 0 Å². The molecular formula is C8H9FO4S. The van der Waals surface area contributed by atoms with Gasteiger partial charge in [-0.2, -0.15) is 8.42 Å². The number of para-hydroxylation sites is 1. The number of halogens is 1. The van der Waals surface area contributed by atoms with Crippen LogP contribution in [0.5, 0.6) is 5.75 Å². The van der Waals surface area contributed by atoms with E-state index in [-0.39, 0.29) is 12.5 Å². The zero-order valence-electron chi connectivity index (χ0n) is 7.44. The van der Waals surface area contributed by atoms with Gasteiger partial charge in [0.2, 0.25) is 0 Å². The molecule has 0 fully saturated rings. The van der Waals surface area contributed by atoms with Crippen molar-refractivity contribution in [3.8, 4) is 5.75 Å². The summed E-state index contributed by atoms with van der Waals surface area (Å²) in [6.07, 6.45) is 0. The summed E-state index contributed by atoms with van der Waals surface area (Å²) in [5, 5.41) is 0. The summed E-state index contributed by atoms with van der Waals surface area (Å²) in [4.78, 5) is -0.489. The Kier molecular flexibility index (Phi) is 3.43. The van der Waals surface area contributed by atoms with Gasteiger partial charge in [-0.1, -0.05) is 12.1 Å². The number of benzene rings is 1. The molecule has 0 aliphatic carbocycles. The van der Waals surface area contributed by atoms with E-state index in [2.05, 4.69) is 4.74 Å². The average molecular weight is 220 g/mol. The van der Waals surface area contributed by atoms with E-state index in [9.17, 15) is 12.3 Å². The highest BCUT2D eigenvalue weighted by Crippen LogP contribution is 2.24. The van der Waals surface area contributed by atoms with Gasteiger partial charge in [0.25, 0.3) is 0 Å². The second-order valence-corrected chi connectivity index (χ2v) is 3.75. The van der Waals surface area contributed by atoms with Crippen LogP contribution in [0.1, 0.15) is 0 Å². The van der Waals surface area contributed by atoms with Crippen LogP contribution in [0.25, 0.3) is 0 Å². The molecule has 1 rings (SSSR count). The van der Waals surface area contributed by atoms with Gasteiger partial charge in [-0.3, -0.25) is 0 Å². The SMILES string of the molecule is COCOc1ccccc1S(=O)(=O)F. The molecule has 0 saturated heterocycles. The first kappa shape index (κ1) is 10.9. The van der Waals surface area contributed by atoms with E-state index in [1.807, 2.05) is 0 Å². The van der Waals surface area contributed by atoms with Crippen LogP contribution in [0.2, 0.25) is 0 Å². The van der Waals surface area contributed by atoms with Crippen LogP contribution in [0.15, 0.2) is 29.2 Å². The van der Waals surface area contributed by atoms with Crippen LogP contribution in [0.3, 0.4) is 0 Å². The van der Waals surface area contributed by atoms with Crippen LogP contribution in [-0.4, -0.2) is 22.3 Å². The third kappa shape index (κ3) is 2.68. The highest BCUT2D eigenvalue weighted by Gasteiger charge is 2.17. The second-order valence-electron chi connectivity index (χ2n) is 2.44. The van der Waals surface area contributed by atoms with Crippen molar-refractivity contribution in [3.05, 3.63) is 24.3 Å². The van der Waals surface area contributed by atoms with Crippen molar-refractivity contribution in [2.75, 3.05) is 13.9 Å². The van der Waals surface area contributed by atoms with Gasteiger partial charge < -0.3 is 9.47 Å². The fraction of sp³-hybridized carbons (Fsp3) is 0.250. The lowest BCUT2D eigenvalue weighted by molar-refractivity contribution is 0.0490. The third-order valence-corrected chi connectivity index (χ3v) is 2.31. The van der Waals surface area contributed by atoms with Crippen molar-refractivity contribution in [1.82, 2.24) is 0 Å². The molecule has 0 atom stereocenters. The molecule has 0 bridgehead atoms. The molecule has 0 aromatic heterocycles. The molecule has 1 aromatic carbocycles. The van der Waals surface area contributed by atoms with Gasteiger partial charge in [-0.15, -0.1) is 3.89 Å². The van der Waals surface area contributed by atoms with E-state index < -0.39 is 15.1 Å². The summed E-state index contributed by atoms with van der Waals surface area (Å²) in [6.45, 7) is -0.132. The Bertz CT molecular complexity index is 402. The molecule has 0 amide bonds. The topological polar surface area (TPSA) is 52.6 Å². The largest absolute Gasteiger partial charge is 0.466 e. The molecule has 0 spiro atoms. The minimum Gasteiger partial charge on any atom is -0.466 e. The molecule has 0 aliphatic heterocycles. The van der Waals surface area contributed by atoms with Crippen molar-refractivity contribution in [3.63, 3.8) is 0 Å². The highest BCUT2D eigenvalue weighted by molar-refractivity contribution is 7.86. The lowest BCUT2D eigenvalue weighted by Crippen LogP contribution is -2.03. The van der Waals surface area contributed by atoms with Crippen LogP contribution >= 0.6 is 0 Å². The molecule has 14 heavy (non-hydrogen) atoms. The molecule has 4 nitrogen and oxygen atoms in total. The maximum absolute atomic E-state index is 12.7. The van der Waals surface area contributed by atoms with Crippen molar-refractivity contribution < 1.29 is 21.8 Å². The normalized spacial score (nSPS) is 11.3. The standard InChI is InChI=1S/C8H9FO4S/c1-12-6-13-7-4-2-3-5-8(7)14(9,10)11/h2-5H,6H2,1H3. The molecule has 0 N–H and O–H groups in total. The van der Waals surface area contributed by atoms with Crippen molar-refractivity contribution in [1.29, 1.82) is 0 Å². The fourth-order valence-electron chi connectivity index (χ4n) is 0.893. The van der Waals surface area contributed by atoms with Crippen molar-refractivity contribution >= 4 is 10.2 Å². The Labute approximate surface area is 81.5 Å². The first-order valence-electron chi connectivity index (χ1n) is 3.71. The van der Waals surface area contributed by atoms with Crippen LogP contribution in [-0.2, 0) is 15.0 Å². The second kappa shape index (κ2) is 4.39. The number of ether oxygens (including phenoxy) is 2. The first-order valence-corrected chi connectivity index (χ1v) is 5.09. The number of rotatable bonds is 4. The molecule has 0 aliphatic rings. The van der Waals surface area contributed by atoms with Gasteiger partial charge in [0.05, 0.1) is 0 Å². The average Bonchev–Trinajstić information content (AvgIpc) is 2.14. The van der Waals surface area contributed by atoms with Gasteiger partial charge >= 0.3 is 10.2 Å². The predicted octanol–water partition coefficient (Wildman–Crippen LogP) is 1.33. The maximum atomic E-state index is 12.7. The Hall–Kier alpha value is -1.14. The quantitative estimate of drug-likeness (QED) is 0.567. The Morgan fingerprint density at radius 3 is 2.57 bits per heavy atom. The Morgan fingerprint density at radius 1 is 1.36 bits per heavy atom. The van der Waals surface area contributed by atoms with Crippen molar-refractivity contribution in [2.45, 2.75) is 4.90 Å². The van der Waals surface area contributed by atoms with E-state index in [1.165, 1.54) is 19.2 Å². The van der Waals surface area contributed by atoms with Crippen molar-refractivity contribution in [2.24, 2.45) is 0 Å². The summed E-state index contributed by atoms with van der Waals surface area (Å²) < 4.78 is 43.4. The molecule has 1 aromatic rings. The Morgan fingerprint density at radius 2 is 2.00 bits per heavy atom. The summed E-state index contributed by atoms with van der Waals surface area (Å²) in [5.74, 6) is -0.0585. The minimum atomic E-state index is -4.74. The number of hydrogen-bond acceptors (Lipinski definition) is 4. The van der Waals surface area contributed by atoms with Crippen LogP contribution in [0, 0.1) is 0 Å². The fourth-order valence-corrected chi connectivity index (χ4v) is 1.50. The third-order valence-electron chi connectivity index (χ3n) is 1.44. The first-order chi connectivity index (χ1) is 6.55. The van der Waals surface area contributed by atoms with E-state index in [0.717, 1.165) is 6.07 Å². The minimum absolute atomic E-state index is 0.0585. The van der Waals surface area contributed by atoms with Gasteiger partial charge in [0, 0.05) is 7.11 Å². The van der Waals surface area contributed by atoms with E-state index in [1.54, 1.807) is 6.07 Å². The van der Waals surface area contributed by atoms with E-state index in [0.29, 0.717) is 0 Å². The van der Waals surface area contributed by atoms with Gasteiger partial charge in [-0.25, -0.2) is 0 Å². The molecule has 0 heterocycles. The number of methoxy groups -OCH3 is 1. The van der Waals surface area contributed by atoms with Gasteiger partial charge in [-0.05, 0) is 12.1 Å². The maximum Gasteiger partial charge on any atom is 0.335 e. The summed E-state index contributed by atoms with van der Waals surface area (Å²) in [6, 6.07) is 5.43. The van der Waals surface area contributed by atoms with Gasteiger partial charge in [0.15, 0.2) is 6.79 Å². The highest BCUT2D eigenvalue weighted by atomic mass is 32.3. The summed E-state index contributed by atoms with van der Waals surface area (Å²) in [7, 11) is -3.36. The zero-order chi connectivity index (χ0) is 10.6. The summed E-state index contributed by atoms with van der Waals surface area (Å²) in [5.41, 5.74) is 0. The van der Waals surface area contributed by atoms with Crippen LogP contribution < -0.4 is 4.74 Å². The lowest BCUT2D eigenvalue weighted by atomic mass is 10.3. The molecule has 6 heteroatoms. The smallest absolute Gasteiger partial charge is 0.335 e. The van der Waals surface area contributed by atoms with Crippen LogP contribution in [0.4, 0.5) is 3.89 Å². The molecular weight excluding hydrogens is 211 g/mol.